The quantitative estimate of drug-likeness (QED) is 0.189. The zero-order valence-corrected chi connectivity index (χ0v) is 30.3. The standard InChI is InChI=1S/C39H37F5N8O4/c1-4-27-28(41)7-8-31-34(27)50(10-11-54-31)26-13-29-35(55-20-26)36(49-18-25-12-22(15-45)30(19-49)52(25)33(53)5-2)48-37(47-29)56-21-38(3)14-23(40)17-51(38)24-6-9-32(46-16-24)39(42,43)44/h1,5-9,16,22-23,25-26,30H,2,10-14,17-21H2,3H3/t22?,23-,25-,26-,30-,38+/m1/s1. The zero-order chi connectivity index (χ0) is 39.5. The van der Waals surface area contributed by atoms with Crippen molar-refractivity contribution in [2.75, 3.05) is 60.7 Å². The monoisotopic (exact) mass is 776 g/mol. The number of benzene rings is 1. The van der Waals surface area contributed by atoms with Crippen molar-refractivity contribution in [1.29, 1.82) is 5.26 Å². The third-order valence-corrected chi connectivity index (χ3v) is 11.3. The minimum absolute atomic E-state index is 0.0136. The van der Waals surface area contributed by atoms with E-state index in [1.54, 1.807) is 16.7 Å². The molecule has 3 aromatic rings. The molecule has 3 saturated heterocycles. The fourth-order valence-corrected chi connectivity index (χ4v) is 8.78. The molecule has 2 aromatic heterocycles. The smallest absolute Gasteiger partial charge is 0.433 e. The number of nitrogens with zero attached hydrogens (tertiary/aromatic N) is 8. The van der Waals surface area contributed by atoms with Gasteiger partial charge in [0.2, 0.25) is 5.91 Å². The lowest BCUT2D eigenvalue weighted by Crippen LogP contribution is -2.56. The van der Waals surface area contributed by atoms with Gasteiger partial charge in [-0.05, 0) is 43.7 Å². The van der Waals surface area contributed by atoms with E-state index >= 15 is 4.39 Å². The van der Waals surface area contributed by atoms with Crippen LogP contribution in [0.5, 0.6) is 17.5 Å². The maximum Gasteiger partial charge on any atom is 0.433 e. The van der Waals surface area contributed by atoms with E-state index in [-0.39, 0.29) is 62.3 Å². The first-order valence-electron chi connectivity index (χ1n) is 18.2. The average molecular weight is 777 g/mol. The predicted octanol–water partition coefficient (Wildman–Crippen LogP) is 4.71. The molecule has 0 N–H and O–H groups in total. The van der Waals surface area contributed by atoms with E-state index in [9.17, 15) is 27.6 Å². The summed E-state index contributed by atoms with van der Waals surface area (Å²) in [5.74, 6) is 2.45. The van der Waals surface area contributed by atoms with Crippen LogP contribution < -0.4 is 28.9 Å². The lowest BCUT2D eigenvalue weighted by molar-refractivity contribution is -0.141. The highest BCUT2D eigenvalue weighted by Gasteiger charge is 2.50. The molecule has 5 aliphatic rings. The number of terminal acetylenes is 1. The number of anilines is 3. The molecular weight excluding hydrogens is 739 g/mol. The van der Waals surface area contributed by atoms with E-state index in [0.29, 0.717) is 66.9 Å². The maximum absolute atomic E-state index is 15.1. The Labute approximate surface area is 319 Å². The summed E-state index contributed by atoms with van der Waals surface area (Å²) in [5.41, 5.74) is -0.797. The first-order chi connectivity index (χ1) is 26.8. The molecule has 1 unspecified atom stereocenters. The number of carbonyl (C=O) groups is 1. The number of nitriles is 1. The molecule has 3 fully saturated rings. The van der Waals surface area contributed by atoms with Crippen molar-refractivity contribution in [2.45, 2.75) is 62.2 Å². The number of fused-ring (bicyclic) bond motifs is 4. The predicted molar refractivity (Wildman–Crippen MR) is 193 cm³/mol. The van der Waals surface area contributed by atoms with Crippen LogP contribution in [0.25, 0.3) is 0 Å². The van der Waals surface area contributed by atoms with E-state index in [2.05, 4.69) is 23.6 Å². The number of aromatic nitrogens is 3. The number of ether oxygens (including phenoxy) is 3. The summed E-state index contributed by atoms with van der Waals surface area (Å²) in [7, 11) is 0. The van der Waals surface area contributed by atoms with Crippen molar-refractivity contribution in [3.63, 3.8) is 0 Å². The second kappa shape index (κ2) is 14.0. The van der Waals surface area contributed by atoms with Crippen LogP contribution >= 0.6 is 0 Å². The number of rotatable bonds is 7. The molecule has 6 atom stereocenters. The van der Waals surface area contributed by atoms with Crippen molar-refractivity contribution in [1.82, 2.24) is 19.9 Å². The number of halogens is 5. The lowest BCUT2D eigenvalue weighted by Gasteiger charge is -2.43. The molecule has 5 aliphatic heterocycles. The van der Waals surface area contributed by atoms with Gasteiger partial charge in [0.15, 0.2) is 11.6 Å². The maximum atomic E-state index is 15.1. The van der Waals surface area contributed by atoms with Gasteiger partial charge in [-0.3, -0.25) is 4.79 Å². The Hall–Kier alpha value is -5.84. The second-order valence-electron chi connectivity index (χ2n) is 14.9. The minimum atomic E-state index is -4.63. The van der Waals surface area contributed by atoms with Gasteiger partial charge in [0.25, 0.3) is 0 Å². The molecule has 56 heavy (non-hydrogen) atoms. The summed E-state index contributed by atoms with van der Waals surface area (Å²) >= 11 is 0. The van der Waals surface area contributed by atoms with Crippen LogP contribution in [-0.2, 0) is 17.4 Å². The second-order valence-corrected chi connectivity index (χ2v) is 14.9. The third kappa shape index (κ3) is 6.42. The number of pyridine rings is 1. The van der Waals surface area contributed by atoms with E-state index in [1.165, 1.54) is 24.3 Å². The van der Waals surface area contributed by atoms with Gasteiger partial charge in [0, 0.05) is 25.9 Å². The van der Waals surface area contributed by atoms with E-state index in [4.69, 9.17) is 30.6 Å². The Morgan fingerprint density at radius 1 is 1.18 bits per heavy atom. The largest absolute Gasteiger partial charge is 0.490 e. The molecule has 0 radical (unpaired) electrons. The molecule has 8 rings (SSSR count). The fraction of sp³-hybridized carbons (Fsp3) is 0.462. The molecule has 12 nitrogen and oxygen atoms in total. The van der Waals surface area contributed by atoms with Crippen LogP contribution in [0.2, 0.25) is 0 Å². The van der Waals surface area contributed by atoms with Gasteiger partial charge in [-0.2, -0.15) is 28.4 Å². The molecule has 0 saturated carbocycles. The number of hydrogen-bond acceptors (Lipinski definition) is 11. The molecule has 1 amide bonds. The highest BCUT2D eigenvalue weighted by molar-refractivity contribution is 5.88. The van der Waals surface area contributed by atoms with Gasteiger partial charge in [-0.15, -0.1) is 6.42 Å². The Balaban J connectivity index is 1.13. The normalized spacial score (nSPS) is 26.7. The number of hydrogen-bond donors (Lipinski definition) is 0. The summed E-state index contributed by atoms with van der Waals surface area (Å²) in [4.78, 5) is 33.3. The van der Waals surface area contributed by atoms with Crippen LogP contribution in [0.3, 0.4) is 0 Å². The van der Waals surface area contributed by atoms with Gasteiger partial charge in [-0.1, -0.05) is 12.5 Å². The Morgan fingerprint density at radius 3 is 2.71 bits per heavy atom. The molecule has 1 aromatic carbocycles. The Morgan fingerprint density at radius 2 is 2.00 bits per heavy atom. The summed E-state index contributed by atoms with van der Waals surface area (Å²) in [6.45, 7) is 6.65. The van der Waals surface area contributed by atoms with Gasteiger partial charge >= 0.3 is 12.2 Å². The van der Waals surface area contributed by atoms with Crippen LogP contribution in [0.1, 0.15) is 36.7 Å². The molecule has 292 valence electrons. The highest BCUT2D eigenvalue weighted by atomic mass is 19.4. The highest BCUT2D eigenvalue weighted by Crippen LogP contribution is 2.44. The van der Waals surface area contributed by atoms with Gasteiger partial charge in [0.1, 0.15) is 43.3 Å². The van der Waals surface area contributed by atoms with E-state index < -0.39 is 41.4 Å². The molecular formula is C39H37F5N8O4. The zero-order valence-electron chi connectivity index (χ0n) is 30.3. The van der Waals surface area contributed by atoms with Crippen molar-refractivity contribution in [2.24, 2.45) is 5.92 Å². The fourth-order valence-electron chi connectivity index (χ4n) is 8.78. The summed E-state index contributed by atoms with van der Waals surface area (Å²) in [5, 5.41) is 9.99. The van der Waals surface area contributed by atoms with Crippen molar-refractivity contribution in [3.8, 4) is 35.9 Å². The molecule has 17 heteroatoms. The average Bonchev–Trinajstić information content (AvgIpc) is 3.62. The van der Waals surface area contributed by atoms with E-state index in [1.807, 2.05) is 9.80 Å². The first kappa shape index (κ1) is 37.1. The SMILES string of the molecule is C#Cc1c(F)ccc2c1N([C@H]1COc3c(nc(OC[C@]4(C)C[C@@H](F)CN4c4ccc(C(F)(F)F)nc4)nc3N3C[C@H]4CC(C#N)[C@@H](C3)N4C(=O)C=C)C1)CCO2. The van der Waals surface area contributed by atoms with E-state index in [0.717, 1.165) is 12.3 Å². The van der Waals surface area contributed by atoms with Crippen molar-refractivity contribution < 1.29 is 41.0 Å². The Kier molecular flexibility index (Phi) is 9.29. The first-order valence-corrected chi connectivity index (χ1v) is 18.2. The lowest BCUT2D eigenvalue weighted by atomic mass is 9.99. The van der Waals surface area contributed by atoms with Crippen molar-refractivity contribution >= 4 is 23.1 Å². The van der Waals surface area contributed by atoms with Crippen LogP contribution in [0.4, 0.5) is 39.1 Å². The van der Waals surface area contributed by atoms with Gasteiger partial charge < -0.3 is 33.8 Å². The molecule has 0 spiro atoms. The van der Waals surface area contributed by atoms with Crippen LogP contribution in [0.15, 0.2) is 43.1 Å². The summed E-state index contributed by atoms with van der Waals surface area (Å²) < 4.78 is 88.4. The van der Waals surface area contributed by atoms with Crippen molar-refractivity contribution in [3.05, 3.63) is 65.9 Å². The van der Waals surface area contributed by atoms with Gasteiger partial charge in [-0.25, -0.2) is 13.8 Å². The Bertz CT molecular complexity index is 2140. The van der Waals surface area contributed by atoms with Crippen LogP contribution in [0, 0.1) is 35.4 Å². The number of carbonyl (C=O) groups excluding carboxylic acids is 1. The number of alkyl halides is 4. The van der Waals surface area contributed by atoms with Gasteiger partial charge in [0.05, 0.1) is 77.6 Å². The molecule has 2 bridgehead atoms. The molecule has 7 heterocycles. The topological polar surface area (TPSA) is 120 Å². The van der Waals surface area contributed by atoms with Crippen LogP contribution in [-0.4, -0.2) is 102 Å². The molecule has 0 aliphatic carbocycles. The summed E-state index contributed by atoms with van der Waals surface area (Å²) in [6.07, 6.45) is 2.93. The minimum Gasteiger partial charge on any atom is -0.490 e. The number of amides is 1. The number of piperazine rings is 1. The third-order valence-electron chi connectivity index (χ3n) is 11.3. The summed E-state index contributed by atoms with van der Waals surface area (Å²) in [6, 6.07) is 6.11.